The Morgan fingerprint density at radius 2 is 2.00 bits per heavy atom. The van der Waals surface area contributed by atoms with Crippen molar-refractivity contribution in [1.29, 1.82) is 0 Å². The largest absolute Gasteiger partial charge is 0.488 e. The molecule has 3 nitrogen and oxygen atoms in total. The van der Waals surface area contributed by atoms with Crippen molar-refractivity contribution in [2.75, 3.05) is 0 Å². The quantitative estimate of drug-likeness (QED) is 0.938. The lowest BCUT2D eigenvalue weighted by atomic mass is 10.1. The fraction of sp³-hybridized carbons (Fsp3) is 0.0714. The van der Waals surface area contributed by atoms with Crippen molar-refractivity contribution in [3.63, 3.8) is 0 Å². The van der Waals surface area contributed by atoms with E-state index in [0.717, 1.165) is 10.5 Å². The van der Waals surface area contributed by atoms with Crippen LogP contribution in [-0.2, 0) is 6.61 Å². The van der Waals surface area contributed by atoms with Crippen LogP contribution in [-0.4, -0.2) is 5.91 Å². The summed E-state index contributed by atoms with van der Waals surface area (Å²) >= 11 is 3.34. The van der Waals surface area contributed by atoms with Crippen molar-refractivity contribution in [3.8, 4) is 5.75 Å². The summed E-state index contributed by atoms with van der Waals surface area (Å²) in [6, 6.07) is 11.4. The number of hydrogen-bond donors (Lipinski definition) is 1. The number of nitrogens with two attached hydrogens (primary N) is 1. The number of halogens is 2. The Morgan fingerprint density at radius 1 is 1.26 bits per heavy atom. The van der Waals surface area contributed by atoms with E-state index in [1.165, 1.54) is 12.1 Å². The Morgan fingerprint density at radius 3 is 2.63 bits per heavy atom. The van der Waals surface area contributed by atoms with Crippen molar-refractivity contribution >= 4 is 21.8 Å². The Hall–Kier alpha value is -1.88. The molecule has 0 spiro atoms. The monoisotopic (exact) mass is 323 g/mol. The number of primary amides is 1. The Kier molecular flexibility index (Phi) is 4.16. The Labute approximate surface area is 118 Å². The second-order valence-electron chi connectivity index (χ2n) is 3.89. The molecule has 0 aliphatic carbocycles. The zero-order valence-corrected chi connectivity index (χ0v) is 11.5. The van der Waals surface area contributed by atoms with Gasteiger partial charge in [0.05, 0.1) is 4.47 Å². The first kappa shape index (κ1) is 13.5. The predicted molar refractivity (Wildman–Crippen MR) is 73.4 cm³/mol. The number of para-hydroxylation sites is 1. The minimum atomic E-state index is -0.655. The maximum absolute atomic E-state index is 13.7. The molecule has 0 aliphatic heterocycles. The highest BCUT2D eigenvalue weighted by Gasteiger charge is 2.08. The SMILES string of the molecule is NC(=O)c1ccc(COc2ccccc2Br)c(F)c1. The van der Waals surface area contributed by atoms with Crippen molar-refractivity contribution in [2.45, 2.75) is 6.61 Å². The highest BCUT2D eigenvalue weighted by atomic mass is 79.9. The molecular weight excluding hydrogens is 313 g/mol. The molecule has 0 saturated heterocycles. The molecule has 19 heavy (non-hydrogen) atoms. The zero-order valence-electron chi connectivity index (χ0n) is 9.90. The smallest absolute Gasteiger partial charge is 0.248 e. The summed E-state index contributed by atoms with van der Waals surface area (Å²) in [6.07, 6.45) is 0. The summed E-state index contributed by atoms with van der Waals surface area (Å²) < 4.78 is 20.0. The predicted octanol–water partition coefficient (Wildman–Crippen LogP) is 3.27. The van der Waals surface area contributed by atoms with Gasteiger partial charge in [0, 0.05) is 11.1 Å². The lowest BCUT2D eigenvalue weighted by Gasteiger charge is -2.09. The summed E-state index contributed by atoms with van der Waals surface area (Å²) in [5, 5.41) is 0. The topological polar surface area (TPSA) is 52.3 Å². The number of ether oxygens (including phenoxy) is 1. The first-order valence-electron chi connectivity index (χ1n) is 5.53. The van der Waals surface area contributed by atoms with Crippen molar-refractivity contribution in [1.82, 2.24) is 0 Å². The van der Waals surface area contributed by atoms with Crippen LogP contribution < -0.4 is 10.5 Å². The molecule has 0 bridgehead atoms. The summed E-state index contributed by atoms with van der Waals surface area (Å²) in [5.74, 6) is -0.540. The molecule has 0 saturated carbocycles. The first-order chi connectivity index (χ1) is 9.08. The second kappa shape index (κ2) is 5.84. The molecule has 5 heteroatoms. The molecular formula is C14H11BrFNO2. The zero-order chi connectivity index (χ0) is 13.8. The van der Waals surface area contributed by atoms with Gasteiger partial charge in [0.1, 0.15) is 18.2 Å². The van der Waals surface area contributed by atoms with Gasteiger partial charge in [0.15, 0.2) is 0 Å². The number of amides is 1. The van der Waals surface area contributed by atoms with Gasteiger partial charge in [-0.2, -0.15) is 0 Å². The second-order valence-corrected chi connectivity index (χ2v) is 4.74. The number of carbonyl (C=O) groups excluding carboxylic acids is 1. The van der Waals surface area contributed by atoms with Crippen LogP contribution >= 0.6 is 15.9 Å². The van der Waals surface area contributed by atoms with Gasteiger partial charge in [-0.1, -0.05) is 18.2 Å². The third-order valence-corrected chi connectivity index (χ3v) is 3.21. The maximum Gasteiger partial charge on any atom is 0.248 e. The van der Waals surface area contributed by atoms with E-state index in [1.807, 2.05) is 18.2 Å². The van der Waals surface area contributed by atoms with Crippen molar-refractivity contribution < 1.29 is 13.9 Å². The average Bonchev–Trinajstić information content (AvgIpc) is 2.39. The highest BCUT2D eigenvalue weighted by Crippen LogP contribution is 2.25. The van der Waals surface area contributed by atoms with Gasteiger partial charge >= 0.3 is 0 Å². The first-order valence-corrected chi connectivity index (χ1v) is 6.33. The van der Waals surface area contributed by atoms with Crippen LogP contribution in [0.5, 0.6) is 5.75 Å². The van der Waals surface area contributed by atoms with E-state index in [2.05, 4.69) is 15.9 Å². The summed E-state index contributed by atoms with van der Waals surface area (Å²) in [7, 11) is 0. The van der Waals surface area contributed by atoms with Gasteiger partial charge in [-0.15, -0.1) is 0 Å². The molecule has 2 N–H and O–H groups in total. The number of benzene rings is 2. The fourth-order valence-corrected chi connectivity index (χ4v) is 1.93. The van der Waals surface area contributed by atoms with Gasteiger partial charge in [-0.05, 0) is 40.2 Å². The van der Waals surface area contributed by atoms with E-state index < -0.39 is 11.7 Å². The average molecular weight is 324 g/mol. The van der Waals surface area contributed by atoms with Crippen LogP contribution in [0.15, 0.2) is 46.9 Å². The van der Waals surface area contributed by atoms with Gasteiger partial charge in [0.25, 0.3) is 0 Å². The molecule has 2 aromatic carbocycles. The van der Waals surface area contributed by atoms with Crippen molar-refractivity contribution in [2.24, 2.45) is 5.73 Å². The number of carbonyl (C=O) groups is 1. The molecule has 0 unspecified atom stereocenters. The molecule has 0 aromatic heterocycles. The van der Waals surface area contributed by atoms with Gasteiger partial charge in [-0.25, -0.2) is 4.39 Å². The van der Waals surface area contributed by atoms with E-state index in [4.69, 9.17) is 10.5 Å². The molecule has 0 atom stereocenters. The van der Waals surface area contributed by atoms with Crippen LogP contribution in [0.2, 0.25) is 0 Å². The van der Waals surface area contributed by atoms with Crippen LogP contribution in [0.1, 0.15) is 15.9 Å². The van der Waals surface area contributed by atoms with Gasteiger partial charge in [-0.3, -0.25) is 4.79 Å². The minimum absolute atomic E-state index is 0.0769. The standard InChI is InChI=1S/C14H11BrFNO2/c15-11-3-1-2-4-13(11)19-8-10-6-5-9(14(17)18)7-12(10)16/h1-7H,8H2,(H2,17,18). The van der Waals surface area contributed by atoms with Crippen LogP contribution in [0.3, 0.4) is 0 Å². The molecule has 98 valence electrons. The number of rotatable bonds is 4. The Bertz CT molecular complexity index is 616. The van der Waals surface area contributed by atoms with E-state index in [1.54, 1.807) is 6.07 Å². The summed E-state index contributed by atoms with van der Waals surface area (Å²) in [4.78, 5) is 10.9. The molecule has 0 radical (unpaired) electrons. The highest BCUT2D eigenvalue weighted by molar-refractivity contribution is 9.10. The fourth-order valence-electron chi connectivity index (χ4n) is 1.53. The molecule has 0 fully saturated rings. The minimum Gasteiger partial charge on any atom is -0.488 e. The van der Waals surface area contributed by atoms with Crippen LogP contribution in [0.25, 0.3) is 0 Å². The lowest BCUT2D eigenvalue weighted by Crippen LogP contribution is -2.11. The molecule has 2 aromatic rings. The number of hydrogen-bond acceptors (Lipinski definition) is 2. The van der Waals surface area contributed by atoms with E-state index in [9.17, 15) is 9.18 Å². The van der Waals surface area contributed by atoms with Crippen molar-refractivity contribution in [3.05, 3.63) is 63.9 Å². The molecule has 0 heterocycles. The maximum atomic E-state index is 13.7. The molecule has 2 rings (SSSR count). The molecule has 1 amide bonds. The van der Waals surface area contributed by atoms with Crippen LogP contribution in [0.4, 0.5) is 4.39 Å². The van der Waals surface area contributed by atoms with E-state index >= 15 is 0 Å². The van der Waals surface area contributed by atoms with Gasteiger partial charge < -0.3 is 10.5 Å². The third-order valence-electron chi connectivity index (χ3n) is 2.56. The van der Waals surface area contributed by atoms with Gasteiger partial charge in [0.2, 0.25) is 5.91 Å². The summed E-state index contributed by atoms with van der Waals surface area (Å²) in [6.45, 7) is 0.0769. The lowest BCUT2D eigenvalue weighted by molar-refractivity contribution is 0.0999. The van der Waals surface area contributed by atoms with Crippen LogP contribution in [0, 0.1) is 5.82 Å². The molecule has 0 aliphatic rings. The van der Waals surface area contributed by atoms with E-state index in [0.29, 0.717) is 11.3 Å². The normalized spacial score (nSPS) is 10.2. The summed E-state index contributed by atoms with van der Waals surface area (Å²) in [5.41, 5.74) is 5.58. The van der Waals surface area contributed by atoms with E-state index in [-0.39, 0.29) is 12.2 Å². The third kappa shape index (κ3) is 3.32. The Balaban J connectivity index is 2.12.